The summed E-state index contributed by atoms with van der Waals surface area (Å²) in [7, 11) is 1.75. The molecule has 1 heterocycles. The van der Waals surface area contributed by atoms with Gasteiger partial charge in [0.05, 0.1) is 13.2 Å². The molecule has 27 heavy (non-hydrogen) atoms. The van der Waals surface area contributed by atoms with Gasteiger partial charge in [-0.3, -0.25) is 4.99 Å². The van der Waals surface area contributed by atoms with Crippen molar-refractivity contribution in [2.45, 2.75) is 13.0 Å². The molecule has 0 unspecified atom stereocenters. The maximum atomic E-state index is 13.2. The zero-order chi connectivity index (χ0) is 18.9. The van der Waals surface area contributed by atoms with E-state index in [1.165, 1.54) is 17.3 Å². The van der Waals surface area contributed by atoms with Gasteiger partial charge in [-0.25, -0.2) is 4.39 Å². The first-order chi connectivity index (χ1) is 13.2. The van der Waals surface area contributed by atoms with Crippen LogP contribution in [0.15, 0.2) is 53.5 Å². The van der Waals surface area contributed by atoms with E-state index in [0.29, 0.717) is 13.1 Å². The van der Waals surface area contributed by atoms with E-state index in [4.69, 9.17) is 4.74 Å². The van der Waals surface area contributed by atoms with Crippen LogP contribution in [0.3, 0.4) is 0 Å². The molecule has 2 aromatic rings. The molecule has 2 N–H and O–H groups in total. The highest BCUT2D eigenvalue weighted by atomic mass is 19.1. The fraction of sp³-hybridized carbons (Fsp3) is 0.381. The first-order valence-electron chi connectivity index (χ1n) is 9.35. The molecule has 0 atom stereocenters. The van der Waals surface area contributed by atoms with Gasteiger partial charge in [0.2, 0.25) is 0 Å². The third-order valence-corrected chi connectivity index (χ3v) is 4.59. The largest absolute Gasteiger partial charge is 0.378 e. The molecule has 0 bridgehead atoms. The molecule has 0 aromatic heterocycles. The molecule has 0 aliphatic carbocycles. The minimum atomic E-state index is -0.199. The average Bonchev–Trinajstić information content (AvgIpc) is 2.72. The van der Waals surface area contributed by atoms with Crippen molar-refractivity contribution in [1.29, 1.82) is 0 Å². The number of hydrogen-bond donors (Lipinski definition) is 2. The minimum Gasteiger partial charge on any atom is -0.378 e. The highest BCUT2D eigenvalue weighted by Gasteiger charge is 2.10. The summed E-state index contributed by atoms with van der Waals surface area (Å²) in [6, 6.07) is 15.3. The molecule has 1 saturated heterocycles. The number of guanidine groups is 1. The lowest BCUT2D eigenvalue weighted by molar-refractivity contribution is 0.122. The van der Waals surface area contributed by atoms with Crippen LogP contribution < -0.4 is 15.5 Å². The zero-order valence-corrected chi connectivity index (χ0v) is 15.7. The van der Waals surface area contributed by atoms with Gasteiger partial charge in [0, 0.05) is 38.9 Å². The van der Waals surface area contributed by atoms with E-state index in [1.807, 2.05) is 6.07 Å². The highest BCUT2D eigenvalue weighted by Crippen LogP contribution is 2.16. The van der Waals surface area contributed by atoms with Gasteiger partial charge < -0.3 is 20.3 Å². The van der Waals surface area contributed by atoms with Crippen molar-refractivity contribution < 1.29 is 9.13 Å². The lowest BCUT2D eigenvalue weighted by Gasteiger charge is -2.28. The number of ether oxygens (including phenoxy) is 1. The second-order valence-corrected chi connectivity index (χ2v) is 6.50. The number of halogens is 1. The van der Waals surface area contributed by atoms with Gasteiger partial charge in [0.25, 0.3) is 0 Å². The molecule has 1 aliphatic rings. The van der Waals surface area contributed by atoms with E-state index in [0.717, 1.165) is 44.2 Å². The van der Waals surface area contributed by atoms with Gasteiger partial charge in [0.1, 0.15) is 5.82 Å². The number of morpholine rings is 1. The lowest BCUT2D eigenvalue weighted by atomic mass is 10.1. The Hall–Kier alpha value is -2.60. The number of nitrogens with one attached hydrogen (secondary N) is 2. The summed E-state index contributed by atoms with van der Waals surface area (Å²) in [4.78, 5) is 6.58. The number of anilines is 1. The molecule has 0 spiro atoms. The van der Waals surface area contributed by atoms with Crippen LogP contribution in [0.4, 0.5) is 10.1 Å². The summed E-state index contributed by atoms with van der Waals surface area (Å²) < 4.78 is 18.6. The number of benzene rings is 2. The zero-order valence-electron chi connectivity index (χ0n) is 15.7. The van der Waals surface area contributed by atoms with E-state index in [2.05, 4.69) is 44.8 Å². The van der Waals surface area contributed by atoms with Crippen LogP contribution >= 0.6 is 0 Å². The molecule has 1 fully saturated rings. The number of hydrogen-bond acceptors (Lipinski definition) is 3. The third kappa shape index (κ3) is 5.96. The van der Waals surface area contributed by atoms with Crippen LogP contribution in [0.1, 0.15) is 11.1 Å². The summed E-state index contributed by atoms with van der Waals surface area (Å²) in [5.74, 6) is 0.541. The monoisotopic (exact) mass is 370 g/mol. The molecule has 2 aromatic carbocycles. The summed E-state index contributed by atoms with van der Waals surface area (Å²) in [6.07, 6.45) is 0.743. The normalized spacial score (nSPS) is 14.9. The van der Waals surface area contributed by atoms with Crippen molar-refractivity contribution in [2.24, 2.45) is 4.99 Å². The molecule has 3 rings (SSSR count). The van der Waals surface area contributed by atoms with Gasteiger partial charge >= 0.3 is 0 Å². The van der Waals surface area contributed by atoms with Crippen molar-refractivity contribution >= 4 is 11.6 Å². The molecular weight excluding hydrogens is 343 g/mol. The molecule has 5 nitrogen and oxygen atoms in total. The van der Waals surface area contributed by atoms with Crippen LogP contribution in [0, 0.1) is 5.82 Å². The van der Waals surface area contributed by atoms with Crippen molar-refractivity contribution in [3.63, 3.8) is 0 Å². The maximum Gasteiger partial charge on any atom is 0.191 e. The first-order valence-corrected chi connectivity index (χ1v) is 9.35. The Morgan fingerprint density at radius 1 is 1.07 bits per heavy atom. The van der Waals surface area contributed by atoms with Crippen LogP contribution in [-0.2, 0) is 17.7 Å². The third-order valence-electron chi connectivity index (χ3n) is 4.59. The topological polar surface area (TPSA) is 48.9 Å². The average molecular weight is 370 g/mol. The van der Waals surface area contributed by atoms with Crippen molar-refractivity contribution in [3.05, 3.63) is 65.5 Å². The molecule has 1 aliphatic heterocycles. The molecule has 0 radical (unpaired) electrons. The van der Waals surface area contributed by atoms with Crippen LogP contribution in [-0.4, -0.2) is 45.9 Å². The van der Waals surface area contributed by atoms with Gasteiger partial charge in [-0.15, -0.1) is 0 Å². The Morgan fingerprint density at radius 2 is 1.85 bits per heavy atom. The first kappa shape index (κ1) is 19.2. The molecule has 6 heteroatoms. The second kappa shape index (κ2) is 9.92. The Morgan fingerprint density at radius 3 is 2.56 bits per heavy atom. The fourth-order valence-electron chi connectivity index (χ4n) is 3.07. The van der Waals surface area contributed by atoms with Crippen LogP contribution in [0.25, 0.3) is 0 Å². The van der Waals surface area contributed by atoms with Crippen molar-refractivity contribution in [1.82, 2.24) is 10.6 Å². The van der Waals surface area contributed by atoms with E-state index in [-0.39, 0.29) is 5.82 Å². The smallest absolute Gasteiger partial charge is 0.191 e. The van der Waals surface area contributed by atoms with Crippen molar-refractivity contribution in [2.75, 3.05) is 44.8 Å². The fourth-order valence-corrected chi connectivity index (χ4v) is 3.07. The maximum absolute atomic E-state index is 13.2. The van der Waals surface area contributed by atoms with E-state index in [1.54, 1.807) is 19.2 Å². The number of nitrogens with zero attached hydrogens (tertiary/aromatic N) is 2. The molecule has 144 valence electrons. The highest BCUT2D eigenvalue weighted by molar-refractivity contribution is 5.79. The van der Waals surface area contributed by atoms with E-state index >= 15 is 0 Å². The van der Waals surface area contributed by atoms with Gasteiger partial charge in [-0.2, -0.15) is 0 Å². The summed E-state index contributed by atoms with van der Waals surface area (Å²) in [6.45, 7) is 4.86. The van der Waals surface area contributed by atoms with Gasteiger partial charge in [0.15, 0.2) is 5.96 Å². The summed E-state index contributed by atoms with van der Waals surface area (Å²) >= 11 is 0. The minimum absolute atomic E-state index is 0.199. The van der Waals surface area contributed by atoms with E-state index in [9.17, 15) is 4.39 Å². The quantitative estimate of drug-likeness (QED) is 0.606. The summed E-state index contributed by atoms with van der Waals surface area (Å²) in [5.41, 5.74) is 3.40. The van der Waals surface area contributed by atoms with E-state index < -0.39 is 0 Å². The number of aliphatic imine (C=N–C) groups is 1. The van der Waals surface area contributed by atoms with Crippen molar-refractivity contribution in [3.8, 4) is 0 Å². The predicted octanol–water partition coefficient (Wildman–Crippen LogP) is 2.57. The number of rotatable bonds is 6. The van der Waals surface area contributed by atoms with Gasteiger partial charge in [-0.1, -0.05) is 24.3 Å². The Balaban J connectivity index is 1.43. The predicted molar refractivity (Wildman–Crippen MR) is 108 cm³/mol. The SMILES string of the molecule is CN=C(NCCc1cccc(F)c1)NCc1ccc(N2CCOCC2)cc1. The Bertz CT molecular complexity index is 742. The second-order valence-electron chi connectivity index (χ2n) is 6.50. The molecular formula is C21H27FN4O. The molecule has 0 saturated carbocycles. The lowest BCUT2D eigenvalue weighted by Crippen LogP contribution is -2.38. The Labute approximate surface area is 160 Å². The standard InChI is InChI=1S/C21H27FN4O/c1-23-21(24-10-9-17-3-2-4-19(22)15-17)25-16-18-5-7-20(8-6-18)26-11-13-27-14-12-26/h2-8,15H,9-14,16H2,1H3,(H2,23,24,25). The van der Waals surface area contributed by atoms with Gasteiger partial charge in [-0.05, 0) is 41.8 Å². The van der Waals surface area contributed by atoms with Crippen LogP contribution in [0.5, 0.6) is 0 Å². The summed E-state index contributed by atoms with van der Waals surface area (Å²) in [5, 5.41) is 6.58. The van der Waals surface area contributed by atoms with Crippen LogP contribution in [0.2, 0.25) is 0 Å². The Kier molecular flexibility index (Phi) is 7.04. The molecule has 0 amide bonds.